The Labute approximate surface area is 242 Å². The first-order valence-electron chi connectivity index (χ1n) is 8.99. The second-order valence-electron chi connectivity index (χ2n) is 4.98. The van der Waals surface area contributed by atoms with Crippen LogP contribution in [0.3, 0.4) is 0 Å². The highest BCUT2D eigenvalue weighted by atomic mass is 16.7. The predicted molar refractivity (Wildman–Crippen MR) is 164 cm³/mol. The van der Waals surface area contributed by atoms with Crippen LogP contribution in [0.2, 0.25) is 0 Å². The number of ether oxygens (including phenoxy) is 5. The molecule has 2 N–H and O–H groups in total. The standard InChI is InChI=1S/2C3H7NO.C3H6O3.2C3H6O2.C3H6O.C2H6O.6CH4/c2*1-3(5)4-2;1-5-3(4)6-2;2*1-3(4)5-2;1-3(2)4;1-3-2;;;;;;/h2*1-2H3,(H,4,5);1-2H3;2*1-2H3;1-2H3;1-2H3;6*1H4. The molecule has 0 atom stereocenters. The molecule has 0 aromatic rings. The molecule has 2 amide bonds. The van der Waals surface area contributed by atoms with Crippen molar-refractivity contribution in [1.82, 2.24) is 10.6 Å². The minimum Gasteiger partial charge on any atom is -0.469 e. The Hall–Kier alpha value is -3.22. The van der Waals surface area contributed by atoms with E-state index < -0.39 is 6.16 Å². The SMILES string of the molecule is C.C.C.C.C.C.CC(C)=O.CNC(C)=O.CNC(C)=O.COC.COC(=O)OC.COC(C)=O.COC(C)=O. The maximum Gasteiger partial charge on any atom is 0.507 e. The van der Waals surface area contributed by atoms with Gasteiger partial charge < -0.3 is 39.1 Å². The number of amides is 2. The summed E-state index contributed by atoms with van der Waals surface area (Å²) in [5.74, 6) is -0.315. The summed E-state index contributed by atoms with van der Waals surface area (Å²) in [6.07, 6.45) is -0.657. The largest absolute Gasteiger partial charge is 0.507 e. The van der Waals surface area contributed by atoms with E-state index in [1.165, 1.54) is 70.0 Å². The summed E-state index contributed by atoms with van der Waals surface area (Å²) >= 11 is 0. The number of ketones is 1. The van der Waals surface area contributed by atoms with Crippen LogP contribution in [0.4, 0.5) is 4.79 Å². The lowest BCUT2D eigenvalue weighted by molar-refractivity contribution is -0.138. The molecule has 0 fully saturated rings. The lowest BCUT2D eigenvalue weighted by Crippen LogP contribution is -2.11. The third kappa shape index (κ3) is 485. The van der Waals surface area contributed by atoms with Gasteiger partial charge in [0.15, 0.2) is 0 Å². The van der Waals surface area contributed by atoms with Gasteiger partial charge in [-0.05, 0) is 13.8 Å². The first-order valence-corrected chi connectivity index (χ1v) is 8.99. The quantitative estimate of drug-likeness (QED) is 0.292. The molecule has 0 radical (unpaired) electrons. The Kier molecular flexibility index (Phi) is 179. The lowest BCUT2D eigenvalue weighted by Gasteiger charge is -1.89. The van der Waals surface area contributed by atoms with Gasteiger partial charge in [0.25, 0.3) is 0 Å². The van der Waals surface area contributed by atoms with Gasteiger partial charge in [-0.15, -0.1) is 0 Å². The number of hydrogen-bond acceptors (Lipinski definition) is 11. The summed E-state index contributed by atoms with van der Waals surface area (Å²) < 4.78 is 20.5. The zero-order valence-electron chi connectivity index (χ0n) is 22.5. The summed E-state index contributed by atoms with van der Waals surface area (Å²) in [6, 6.07) is 0. The van der Waals surface area contributed by atoms with Gasteiger partial charge in [-0.2, -0.15) is 0 Å². The summed E-state index contributed by atoms with van der Waals surface area (Å²) in [4.78, 5) is 57.8. The van der Waals surface area contributed by atoms with Gasteiger partial charge in [0, 0.05) is 56.0 Å². The fourth-order valence-electron chi connectivity index (χ4n) is 0.0833. The number of carbonyl (C=O) groups excluding carboxylic acids is 6. The van der Waals surface area contributed by atoms with Gasteiger partial charge in [-0.3, -0.25) is 19.2 Å². The molecule has 0 heterocycles. The molecule has 39 heavy (non-hydrogen) atoms. The fraction of sp³-hybridized carbons (Fsp3) is 0.769. The Morgan fingerprint density at radius 1 is 0.436 bits per heavy atom. The average molecular weight is 585 g/mol. The maximum atomic E-state index is 9.74. The molecule has 248 valence electrons. The second kappa shape index (κ2) is 83.7. The van der Waals surface area contributed by atoms with Crippen molar-refractivity contribution in [3.8, 4) is 0 Å². The van der Waals surface area contributed by atoms with Crippen molar-refractivity contribution in [3.05, 3.63) is 0 Å². The molecule has 0 spiro atoms. The first kappa shape index (κ1) is 83.4. The van der Waals surface area contributed by atoms with E-state index in [1.807, 2.05) is 0 Å². The molecule has 0 saturated carbocycles. The minimum atomic E-state index is -0.657. The van der Waals surface area contributed by atoms with Crippen LogP contribution in [-0.4, -0.2) is 92.4 Å². The monoisotopic (exact) mass is 584 g/mol. The van der Waals surface area contributed by atoms with Crippen molar-refractivity contribution in [2.24, 2.45) is 0 Å². The Balaban J connectivity index is -0.0000000180. The number of Topliss-reactive ketones (excluding diaryl/α,β-unsaturated/α-hetero) is 1. The first-order chi connectivity index (χ1) is 15.0. The van der Waals surface area contributed by atoms with Crippen LogP contribution >= 0.6 is 0 Å². The number of hydrogen-bond donors (Lipinski definition) is 2. The van der Waals surface area contributed by atoms with Crippen molar-refractivity contribution in [2.45, 2.75) is 86.1 Å². The average Bonchev–Trinajstić information content (AvgIpc) is 2.74. The number of methoxy groups -OCH3 is 5. The van der Waals surface area contributed by atoms with E-state index in [-0.39, 0.29) is 74.1 Å². The molecule has 13 nitrogen and oxygen atoms in total. The molecule has 13 heteroatoms. The molecule has 0 aromatic heterocycles. The van der Waals surface area contributed by atoms with Gasteiger partial charge in [0.2, 0.25) is 11.8 Å². The van der Waals surface area contributed by atoms with Gasteiger partial charge in [-0.25, -0.2) is 4.79 Å². The lowest BCUT2D eigenvalue weighted by atomic mass is 10.6. The highest BCUT2D eigenvalue weighted by Crippen LogP contribution is 1.72. The molecular weight excluding hydrogens is 516 g/mol. The third-order valence-electron chi connectivity index (χ3n) is 1.61. The van der Waals surface area contributed by atoms with Crippen molar-refractivity contribution < 1.29 is 52.5 Å². The molecule has 0 saturated heterocycles. The van der Waals surface area contributed by atoms with Crippen LogP contribution in [0.15, 0.2) is 0 Å². The van der Waals surface area contributed by atoms with E-state index in [1.54, 1.807) is 28.3 Å². The van der Waals surface area contributed by atoms with E-state index in [2.05, 4.69) is 34.3 Å². The van der Waals surface area contributed by atoms with Gasteiger partial charge >= 0.3 is 18.1 Å². The minimum absolute atomic E-state index is 0. The van der Waals surface area contributed by atoms with E-state index in [9.17, 15) is 28.8 Å². The Bertz CT molecular complexity index is 421. The van der Waals surface area contributed by atoms with Gasteiger partial charge in [0.1, 0.15) is 5.78 Å². The summed E-state index contributed by atoms with van der Waals surface area (Å²) in [7, 11) is 11.7. The zero-order chi connectivity index (χ0) is 28.4. The van der Waals surface area contributed by atoms with Crippen molar-refractivity contribution in [2.75, 3.05) is 56.8 Å². The van der Waals surface area contributed by atoms with Crippen LogP contribution in [-0.2, 0) is 47.7 Å². The highest BCUT2D eigenvalue weighted by molar-refractivity contribution is 5.72. The summed E-state index contributed by atoms with van der Waals surface area (Å²) in [5.41, 5.74) is 0. The third-order valence-corrected chi connectivity index (χ3v) is 1.61. The van der Waals surface area contributed by atoms with Crippen LogP contribution in [0, 0.1) is 0 Å². The van der Waals surface area contributed by atoms with Gasteiger partial charge in [-0.1, -0.05) is 44.6 Å². The molecule has 0 rings (SSSR count). The molecule has 0 aliphatic carbocycles. The van der Waals surface area contributed by atoms with Crippen LogP contribution < -0.4 is 10.6 Å². The Morgan fingerprint density at radius 2 is 0.538 bits per heavy atom. The molecular formula is C26H68N2O11. The Morgan fingerprint density at radius 3 is 0.538 bits per heavy atom. The summed E-state index contributed by atoms with van der Waals surface area (Å²) in [5, 5.41) is 4.78. The zero-order valence-corrected chi connectivity index (χ0v) is 22.5. The van der Waals surface area contributed by atoms with Gasteiger partial charge in [0.05, 0.1) is 28.4 Å². The van der Waals surface area contributed by atoms with E-state index in [0.29, 0.717) is 0 Å². The van der Waals surface area contributed by atoms with E-state index >= 15 is 0 Å². The molecule has 0 unspecified atom stereocenters. The van der Waals surface area contributed by atoms with Crippen molar-refractivity contribution in [1.29, 1.82) is 0 Å². The summed E-state index contributed by atoms with van der Waals surface area (Å²) in [6.45, 7) is 8.72. The number of esters is 2. The molecule has 0 aliphatic heterocycles. The number of carbonyl (C=O) groups is 6. The van der Waals surface area contributed by atoms with Crippen LogP contribution in [0.25, 0.3) is 0 Å². The topological polar surface area (TPSA) is 173 Å². The second-order valence-corrected chi connectivity index (χ2v) is 4.98. The maximum absolute atomic E-state index is 9.74. The van der Waals surface area contributed by atoms with Crippen molar-refractivity contribution >= 4 is 35.7 Å². The molecule has 0 aromatic carbocycles. The normalized spacial score (nSPS) is 5.69. The highest BCUT2D eigenvalue weighted by Gasteiger charge is 1.88. The molecule has 0 bridgehead atoms. The van der Waals surface area contributed by atoms with Crippen molar-refractivity contribution in [3.63, 3.8) is 0 Å². The van der Waals surface area contributed by atoms with E-state index in [0.717, 1.165) is 0 Å². The predicted octanol–water partition coefficient (Wildman–Crippen LogP) is 4.94. The molecule has 0 aliphatic rings. The smallest absolute Gasteiger partial charge is 0.469 e. The van der Waals surface area contributed by atoms with Crippen LogP contribution in [0.5, 0.6) is 0 Å². The fourth-order valence-corrected chi connectivity index (χ4v) is 0.0833. The number of rotatable bonds is 0. The van der Waals surface area contributed by atoms with E-state index in [4.69, 9.17) is 0 Å². The van der Waals surface area contributed by atoms with Crippen LogP contribution in [0.1, 0.15) is 86.1 Å². The number of nitrogens with one attached hydrogen (secondary N) is 2.